The lowest BCUT2D eigenvalue weighted by Gasteiger charge is -2.05. The number of nitrogens with one attached hydrogen (secondary N) is 1. The number of rotatable bonds is 4. The van der Waals surface area contributed by atoms with Crippen molar-refractivity contribution in [3.63, 3.8) is 0 Å². The molecule has 0 aliphatic heterocycles. The van der Waals surface area contributed by atoms with E-state index in [-0.39, 0.29) is 29.0 Å². The molecule has 0 aliphatic carbocycles. The number of hydrogen-bond donors (Lipinski definition) is 1. The van der Waals surface area contributed by atoms with Crippen molar-refractivity contribution in [2.24, 2.45) is 0 Å². The Bertz CT molecular complexity index is 1130. The van der Waals surface area contributed by atoms with Crippen LogP contribution in [0.2, 0.25) is 5.15 Å². The molecule has 3 heterocycles. The smallest absolute Gasteiger partial charge is 0.256 e. The van der Waals surface area contributed by atoms with E-state index in [4.69, 9.17) is 11.6 Å². The minimum Gasteiger partial charge on any atom is -0.345 e. The van der Waals surface area contributed by atoms with Gasteiger partial charge in [0.05, 0.1) is 23.5 Å². The van der Waals surface area contributed by atoms with Gasteiger partial charge < -0.3 is 5.32 Å². The molecule has 27 heavy (non-hydrogen) atoms. The van der Waals surface area contributed by atoms with Gasteiger partial charge in [0.2, 0.25) is 0 Å². The number of halogens is 2. The van der Waals surface area contributed by atoms with Crippen molar-refractivity contribution in [1.29, 1.82) is 0 Å². The summed E-state index contributed by atoms with van der Waals surface area (Å²) < 4.78 is 16.3. The highest BCUT2D eigenvalue weighted by Crippen LogP contribution is 2.23. The van der Waals surface area contributed by atoms with Crippen molar-refractivity contribution in [1.82, 2.24) is 29.7 Å². The van der Waals surface area contributed by atoms with Gasteiger partial charge >= 0.3 is 0 Å². The van der Waals surface area contributed by atoms with Gasteiger partial charge in [0.25, 0.3) is 5.91 Å². The van der Waals surface area contributed by atoms with Crippen LogP contribution in [0.1, 0.15) is 21.9 Å². The fraction of sp³-hybridized carbons (Fsp3) is 0.111. The first-order valence-corrected chi connectivity index (χ1v) is 8.50. The number of pyridine rings is 1. The largest absolute Gasteiger partial charge is 0.345 e. The normalized spacial score (nSPS) is 11.1. The van der Waals surface area contributed by atoms with Crippen molar-refractivity contribution in [3.8, 4) is 5.69 Å². The number of carbonyl (C=O) groups is 1. The van der Waals surface area contributed by atoms with Gasteiger partial charge in [-0.15, -0.1) is 10.2 Å². The summed E-state index contributed by atoms with van der Waals surface area (Å²) >= 11 is 6.37. The van der Waals surface area contributed by atoms with Crippen LogP contribution in [0.4, 0.5) is 4.39 Å². The fourth-order valence-electron chi connectivity index (χ4n) is 2.77. The van der Waals surface area contributed by atoms with E-state index in [0.717, 1.165) is 0 Å². The van der Waals surface area contributed by atoms with E-state index < -0.39 is 0 Å². The highest BCUT2D eigenvalue weighted by Gasteiger charge is 2.21. The molecule has 136 valence electrons. The Morgan fingerprint density at radius 1 is 1.19 bits per heavy atom. The average Bonchev–Trinajstić information content (AvgIpc) is 3.21. The number of hydrogen-bond acceptors (Lipinski definition) is 4. The van der Waals surface area contributed by atoms with E-state index in [1.165, 1.54) is 28.9 Å². The quantitative estimate of drug-likeness (QED) is 0.587. The lowest BCUT2D eigenvalue weighted by Crippen LogP contribution is -2.24. The molecule has 9 heteroatoms. The van der Waals surface area contributed by atoms with Crippen LogP contribution in [-0.4, -0.2) is 30.3 Å². The molecule has 4 rings (SSSR count). The van der Waals surface area contributed by atoms with Crippen LogP contribution in [-0.2, 0) is 6.54 Å². The Morgan fingerprint density at radius 3 is 2.74 bits per heavy atom. The molecule has 0 saturated heterocycles. The van der Waals surface area contributed by atoms with E-state index in [1.54, 1.807) is 11.3 Å². The lowest BCUT2D eigenvalue weighted by molar-refractivity contribution is 0.0949. The van der Waals surface area contributed by atoms with Crippen molar-refractivity contribution in [3.05, 3.63) is 76.7 Å². The molecule has 0 saturated carbocycles. The monoisotopic (exact) mass is 384 g/mol. The molecule has 1 N–H and O–H groups in total. The topological polar surface area (TPSA) is 77.1 Å². The summed E-state index contributed by atoms with van der Waals surface area (Å²) in [5.74, 6) is -0.144. The number of amides is 1. The number of benzene rings is 1. The van der Waals surface area contributed by atoms with Crippen molar-refractivity contribution >= 4 is 23.2 Å². The van der Waals surface area contributed by atoms with Crippen LogP contribution in [0.25, 0.3) is 11.3 Å². The number of fused-ring (bicyclic) bond motifs is 1. The summed E-state index contributed by atoms with van der Waals surface area (Å²) in [6, 6.07) is 11.2. The van der Waals surface area contributed by atoms with Gasteiger partial charge in [0.15, 0.2) is 11.5 Å². The molecule has 0 spiro atoms. The first-order valence-electron chi connectivity index (χ1n) is 8.12. The Kier molecular flexibility index (Phi) is 4.33. The Morgan fingerprint density at radius 2 is 1.96 bits per heavy atom. The maximum atomic E-state index is 13.1. The SMILES string of the molecule is Cc1nn(-c2ccc(F)cc2)c(Cl)c1C(=O)NCc1nnc2ccccn12. The van der Waals surface area contributed by atoms with Crippen molar-refractivity contribution < 1.29 is 9.18 Å². The van der Waals surface area contributed by atoms with E-state index in [0.29, 0.717) is 22.9 Å². The van der Waals surface area contributed by atoms with Gasteiger partial charge in [-0.25, -0.2) is 9.07 Å². The molecule has 0 bridgehead atoms. The summed E-state index contributed by atoms with van der Waals surface area (Å²) in [7, 11) is 0. The second-order valence-corrected chi connectivity index (χ2v) is 6.23. The van der Waals surface area contributed by atoms with Gasteiger partial charge in [-0.2, -0.15) is 5.10 Å². The van der Waals surface area contributed by atoms with Gasteiger partial charge in [-0.05, 0) is 43.3 Å². The molecule has 0 atom stereocenters. The summed E-state index contributed by atoms with van der Waals surface area (Å²) in [5, 5.41) is 15.4. The molecule has 0 radical (unpaired) electrons. The molecule has 0 aliphatic rings. The van der Waals surface area contributed by atoms with Crippen LogP contribution in [0.15, 0.2) is 48.7 Å². The second-order valence-electron chi connectivity index (χ2n) is 5.87. The van der Waals surface area contributed by atoms with E-state index in [2.05, 4.69) is 20.6 Å². The van der Waals surface area contributed by atoms with E-state index >= 15 is 0 Å². The van der Waals surface area contributed by atoms with E-state index in [9.17, 15) is 9.18 Å². The van der Waals surface area contributed by atoms with Gasteiger partial charge in [-0.3, -0.25) is 9.20 Å². The van der Waals surface area contributed by atoms with Crippen LogP contribution >= 0.6 is 11.6 Å². The zero-order chi connectivity index (χ0) is 19.0. The third-order valence-electron chi connectivity index (χ3n) is 4.09. The predicted molar refractivity (Wildman–Crippen MR) is 97.4 cm³/mol. The first kappa shape index (κ1) is 17.2. The molecular weight excluding hydrogens is 371 g/mol. The lowest BCUT2D eigenvalue weighted by atomic mass is 10.2. The molecular formula is C18H14ClFN6O. The molecule has 4 aromatic rings. The third-order valence-corrected chi connectivity index (χ3v) is 4.44. The molecule has 3 aromatic heterocycles. The summed E-state index contributed by atoms with van der Waals surface area (Å²) in [6.07, 6.45) is 1.82. The Labute approximate surface area is 158 Å². The molecule has 7 nitrogen and oxygen atoms in total. The minimum atomic E-state index is -0.376. The standard InChI is InChI=1S/C18H14ClFN6O/c1-11-16(17(19)26(24-11)13-7-5-12(20)6-8-13)18(27)21-10-15-23-22-14-4-2-3-9-25(14)15/h2-9H,10H2,1H3,(H,21,27). The summed E-state index contributed by atoms with van der Waals surface area (Å²) in [5.41, 5.74) is 1.98. The molecule has 1 aromatic carbocycles. The van der Waals surface area contributed by atoms with Crippen molar-refractivity contribution in [2.45, 2.75) is 13.5 Å². The van der Waals surface area contributed by atoms with Crippen LogP contribution < -0.4 is 5.32 Å². The number of nitrogens with zero attached hydrogens (tertiary/aromatic N) is 5. The summed E-state index contributed by atoms with van der Waals surface area (Å²) in [6.45, 7) is 1.87. The highest BCUT2D eigenvalue weighted by atomic mass is 35.5. The molecule has 1 amide bonds. The van der Waals surface area contributed by atoms with Gasteiger partial charge in [0.1, 0.15) is 11.0 Å². The number of carbonyl (C=O) groups excluding carboxylic acids is 1. The maximum Gasteiger partial charge on any atom is 0.256 e. The van der Waals surface area contributed by atoms with Crippen LogP contribution in [0, 0.1) is 12.7 Å². The van der Waals surface area contributed by atoms with Gasteiger partial charge in [0, 0.05) is 6.20 Å². The third kappa shape index (κ3) is 3.15. The highest BCUT2D eigenvalue weighted by molar-refractivity contribution is 6.33. The van der Waals surface area contributed by atoms with Crippen LogP contribution in [0.3, 0.4) is 0 Å². The number of aromatic nitrogens is 5. The van der Waals surface area contributed by atoms with Crippen molar-refractivity contribution in [2.75, 3.05) is 0 Å². The minimum absolute atomic E-state index is 0.155. The van der Waals surface area contributed by atoms with Gasteiger partial charge in [-0.1, -0.05) is 17.7 Å². The fourth-order valence-corrected chi connectivity index (χ4v) is 3.13. The van der Waals surface area contributed by atoms with E-state index in [1.807, 2.05) is 24.4 Å². The first-order chi connectivity index (χ1) is 13.0. The average molecular weight is 385 g/mol. The molecule has 0 fully saturated rings. The van der Waals surface area contributed by atoms with Crippen LogP contribution in [0.5, 0.6) is 0 Å². The molecule has 0 unspecified atom stereocenters. The zero-order valence-corrected chi connectivity index (χ0v) is 15.0. The Hall–Kier alpha value is -3.26. The zero-order valence-electron chi connectivity index (χ0n) is 14.2. The number of aryl methyl sites for hydroxylation is 1. The second kappa shape index (κ2) is 6.81. The predicted octanol–water partition coefficient (Wildman–Crippen LogP) is 2.95. The Balaban J connectivity index is 1.58. The summed E-state index contributed by atoms with van der Waals surface area (Å²) in [4.78, 5) is 12.7. The maximum absolute atomic E-state index is 13.1.